The molecule has 6 rings (SSSR count). The number of furan rings is 1. The largest absolute Gasteiger partial charge is 0.455 e. The highest BCUT2D eigenvalue weighted by Crippen LogP contribution is 2.58. The molecule has 3 unspecified atom stereocenters. The van der Waals surface area contributed by atoms with Crippen molar-refractivity contribution < 1.29 is 30.8 Å². The SMILES string of the molecule is Cc1cc(S(=O)(=O)NC23CC4CC(CC(NCC(=O)N5CCCC5C#N)(C4)C2)C3)c(C(F)(F)F)o1. The fraction of sp³-hybridized carbons (Fsp3) is 0.739. The Morgan fingerprint density at radius 3 is 2.54 bits per heavy atom. The van der Waals surface area contributed by atoms with Gasteiger partial charge in [0.2, 0.25) is 21.7 Å². The molecule has 1 aromatic rings. The fourth-order valence-corrected chi connectivity index (χ4v) is 9.02. The smallest absolute Gasteiger partial charge is 0.450 e. The van der Waals surface area contributed by atoms with Crippen LogP contribution in [0.2, 0.25) is 0 Å². The monoisotopic (exact) mass is 514 g/mol. The molecule has 0 aromatic carbocycles. The lowest BCUT2D eigenvalue weighted by molar-refractivity contribution is -0.156. The van der Waals surface area contributed by atoms with Crippen LogP contribution in [0, 0.1) is 30.1 Å². The zero-order valence-electron chi connectivity index (χ0n) is 19.5. The Morgan fingerprint density at radius 2 is 1.91 bits per heavy atom. The van der Waals surface area contributed by atoms with Crippen molar-refractivity contribution in [1.29, 1.82) is 5.26 Å². The van der Waals surface area contributed by atoms with Gasteiger partial charge in [0.15, 0.2) is 0 Å². The third-order valence-corrected chi connectivity index (χ3v) is 9.70. The van der Waals surface area contributed by atoms with E-state index in [1.54, 1.807) is 4.90 Å². The van der Waals surface area contributed by atoms with Gasteiger partial charge in [-0.1, -0.05) is 0 Å². The van der Waals surface area contributed by atoms with Gasteiger partial charge in [0, 0.05) is 23.7 Å². The van der Waals surface area contributed by atoms with E-state index in [0.29, 0.717) is 32.2 Å². The summed E-state index contributed by atoms with van der Waals surface area (Å²) in [4.78, 5) is 13.5. The Hall–Kier alpha value is -2.10. The number of nitrogens with zero attached hydrogens (tertiary/aromatic N) is 2. The number of amides is 1. The summed E-state index contributed by atoms with van der Waals surface area (Å²) < 4.78 is 74.2. The van der Waals surface area contributed by atoms with Crippen LogP contribution in [0.1, 0.15) is 62.9 Å². The maximum atomic E-state index is 13.5. The summed E-state index contributed by atoms with van der Waals surface area (Å²) in [5.74, 6) is -1.36. The average molecular weight is 515 g/mol. The molecule has 2 N–H and O–H groups in total. The van der Waals surface area contributed by atoms with Crippen molar-refractivity contribution in [2.24, 2.45) is 11.8 Å². The standard InChI is InChI=1S/C23H29F3N4O4S/c1-14-5-18(20(34-14)23(24,25)26)35(32,33)29-22-9-15-6-16(10-22)8-21(7-15,13-22)28-12-19(31)30-4-2-3-17(30)11-27/h5,15-17,28-29H,2-4,6-10,12-13H2,1H3. The highest BCUT2D eigenvalue weighted by atomic mass is 32.2. The van der Waals surface area contributed by atoms with Gasteiger partial charge in [0.1, 0.15) is 16.7 Å². The molecule has 1 aromatic heterocycles. The molecule has 5 fully saturated rings. The number of rotatable bonds is 6. The first kappa shape index (κ1) is 24.6. The predicted octanol–water partition coefficient (Wildman–Crippen LogP) is 3.08. The van der Waals surface area contributed by atoms with Crippen molar-refractivity contribution in [3.63, 3.8) is 0 Å². The number of nitrogens with one attached hydrogen (secondary N) is 2. The van der Waals surface area contributed by atoms with Crippen molar-refractivity contribution in [3.8, 4) is 6.07 Å². The quantitative estimate of drug-likeness (QED) is 0.603. The molecule has 5 aliphatic rings. The second-order valence-corrected chi connectivity index (χ2v) is 12.6. The Bertz CT molecular complexity index is 1160. The van der Waals surface area contributed by atoms with E-state index in [1.165, 1.54) is 6.92 Å². The van der Waals surface area contributed by atoms with E-state index in [0.717, 1.165) is 31.7 Å². The molecule has 8 nitrogen and oxygen atoms in total. The first-order chi connectivity index (χ1) is 16.3. The van der Waals surface area contributed by atoms with Gasteiger partial charge < -0.3 is 14.6 Å². The van der Waals surface area contributed by atoms with Crippen molar-refractivity contribution in [2.75, 3.05) is 13.1 Å². The molecule has 1 aliphatic heterocycles. The Balaban J connectivity index is 1.36. The van der Waals surface area contributed by atoms with Crippen molar-refractivity contribution in [2.45, 2.75) is 86.5 Å². The molecule has 0 spiro atoms. The summed E-state index contributed by atoms with van der Waals surface area (Å²) in [6.07, 6.45) is 0.567. The van der Waals surface area contributed by atoms with E-state index in [9.17, 15) is 31.6 Å². The van der Waals surface area contributed by atoms with Gasteiger partial charge >= 0.3 is 6.18 Å². The zero-order valence-corrected chi connectivity index (χ0v) is 20.3. The lowest BCUT2D eigenvalue weighted by Crippen LogP contribution is -2.69. The van der Waals surface area contributed by atoms with E-state index in [-0.39, 0.29) is 30.0 Å². The number of carbonyl (C=O) groups is 1. The van der Waals surface area contributed by atoms with E-state index in [2.05, 4.69) is 16.1 Å². The highest BCUT2D eigenvalue weighted by Gasteiger charge is 2.59. The number of aryl methyl sites for hydroxylation is 1. The first-order valence-corrected chi connectivity index (χ1v) is 13.5. The van der Waals surface area contributed by atoms with Crippen LogP contribution in [0.15, 0.2) is 15.4 Å². The Morgan fingerprint density at radius 1 is 1.26 bits per heavy atom. The number of carbonyl (C=O) groups excluding carboxylic acids is 1. The van der Waals surface area contributed by atoms with E-state index in [1.807, 2.05) is 0 Å². The lowest BCUT2D eigenvalue weighted by Gasteiger charge is -2.62. The minimum absolute atomic E-state index is 0.0552. The summed E-state index contributed by atoms with van der Waals surface area (Å²) in [6, 6.07) is 2.67. The Kier molecular flexibility index (Phi) is 5.77. The molecule has 1 saturated heterocycles. The van der Waals surface area contributed by atoms with Crippen molar-refractivity contribution in [1.82, 2.24) is 14.9 Å². The topological polar surface area (TPSA) is 115 Å². The normalized spacial score (nSPS) is 34.4. The molecule has 2 heterocycles. The number of halogens is 3. The minimum Gasteiger partial charge on any atom is -0.455 e. The number of sulfonamides is 1. The van der Waals surface area contributed by atoms with Gasteiger partial charge in [-0.2, -0.15) is 18.4 Å². The molecular formula is C23H29F3N4O4S. The van der Waals surface area contributed by atoms with Crippen LogP contribution in [0.4, 0.5) is 13.2 Å². The highest BCUT2D eigenvalue weighted by molar-refractivity contribution is 7.89. The number of likely N-dealkylation sites (tertiary alicyclic amines) is 1. The van der Waals surface area contributed by atoms with E-state index < -0.39 is 44.0 Å². The molecule has 35 heavy (non-hydrogen) atoms. The summed E-state index contributed by atoms with van der Waals surface area (Å²) in [5, 5.41) is 12.7. The van der Waals surface area contributed by atoms with Gasteiger partial charge in [-0.05, 0) is 70.1 Å². The number of nitriles is 1. The first-order valence-electron chi connectivity index (χ1n) is 12.0. The molecule has 3 atom stereocenters. The van der Waals surface area contributed by atoms with Crippen molar-refractivity contribution in [3.05, 3.63) is 17.6 Å². The van der Waals surface area contributed by atoms with Gasteiger partial charge in [-0.25, -0.2) is 13.1 Å². The molecule has 192 valence electrons. The molecule has 4 bridgehead atoms. The molecule has 0 radical (unpaired) electrons. The van der Waals surface area contributed by atoms with Crippen LogP contribution < -0.4 is 10.0 Å². The third kappa shape index (κ3) is 4.47. The zero-order chi connectivity index (χ0) is 25.2. The van der Waals surface area contributed by atoms with Gasteiger partial charge in [-0.15, -0.1) is 0 Å². The van der Waals surface area contributed by atoms with Crippen LogP contribution in [-0.2, 0) is 21.0 Å². The van der Waals surface area contributed by atoms with Crippen LogP contribution in [-0.4, -0.2) is 49.4 Å². The fourth-order valence-electron chi connectivity index (χ4n) is 7.38. The predicted molar refractivity (Wildman–Crippen MR) is 117 cm³/mol. The second kappa shape index (κ2) is 8.21. The molecule has 4 saturated carbocycles. The Labute approximate surface area is 202 Å². The number of hydrogen-bond donors (Lipinski definition) is 2. The maximum Gasteiger partial charge on any atom is 0.450 e. The van der Waals surface area contributed by atoms with E-state index in [4.69, 9.17) is 4.42 Å². The molecular weight excluding hydrogens is 485 g/mol. The van der Waals surface area contributed by atoms with Crippen LogP contribution >= 0.6 is 0 Å². The van der Waals surface area contributed by atoms with Gasteiger partial charge in [0.25, 0.3) is 0 Å². The number of hydrogen-bond acceptors (Lipinski definition) is 6. The summed E-state index contributed by atoms with van der Waals surface area (Å²) in [7, 11) is -4.50. The molecule has 12 heteroatoms. The minimum atomic E-state index is -4.93. The van der Waals surface area contributed by atoms with Crippen LogP contribution in [0.3, 0.4) is 0 Å². The summed E-state index contributed by atoms with van der Waals surface area (Å²) in [5.41, 5.74) is -1.35. The number of alkyl halides is 3. The second-order valence-electron chi connectivity index (χ2n) is 10.9. The molecule has 4 aliphatic carbocycles. The van der Waals surface area contributed by atoms with Crippen LogP contribution in [0.25, 0.3) is 0 Å². The molecule has 1 amide bonds. The van der Waals surface area contributed by atoms with E-state index >= 15 is 0 Å². The average Bonchev–Trinajstić information content (AvgIpc) is 3.37. The van der Waals surface area contributed by atoms with Crippen molar-refractivity contribution >= 4 is 15.9 Å². The van der Waals surface area contributed by atoms with Gasteiger partial charge in [-0.3, -0.25) is 4.79 Å². The summed E-state index contributed by atoms with van der Waals surface area (Å²) in [6.45, 7) is 1.89. The lowest BCUT2D eigenvalue weighted by atomic mass is 9.50. The van der Waals surface area contributed by atoms with Crippen LogP contribution in [0.5, 0.6) is 0 Å². The summed E-state index contributed by atoms with van der Waals surface area (Å²) >= 11 is 0. The third-order valence-electron chi connectivity index (χ3n) is 8.12. The van der Waals surface area contributed by atoms with Gasteiger partial charge in [0.05, 0.1) is 12.6 Å². The maximum absolute atomic E-state index is 13.5.